The summed E-state index contributed by atoms with van der Waals surface area (Å²) in [6.45, 7) is 7.53. The van der Waals surface area contributed by atoms with Gasteiger partial charge in [-0.05, 0) is 31.0 Å². The second kappa shape index (κ2) is 10.7. The number of nitrogens with one attached hydrogen (secondary N) is 1. The molecule has 0 heterocycles. The van der Waals surface area contributed by atoms with E-state index in [1.54, 1.807) is 25.1 Å². The Kier molecular flexibility index (Phi) is 8.96. The van der Waals surface area contributed by atoms with Crippen molar-refractivity contribution >= 4 is 29.2 Å². The fourth-order valence-electron chi connectivity index (χ4n) is 2.31. The van der Waals surface area contributed by atoms with E-state index >= 15 is 0 Å². The third kappa shape index (κ3) is 8.01. The number of nitriles is 1. The van der Waals surface area contributed by atoms with Gasteiger partial charge in [0.1, 0.15) is 6.07 Å². The molecule has 6 nitrogen and oxygen atoms in total. The zero-order valence-electron chi connectivity index (χ0n) is 14.8. The summed E-state index contributed by atoms with van der Waals surface area (Å²) in [5.74, 6) is -0.101. The molecule has 0 radical (unpaired) electrons. The van der Waals surface area contributed by atoms with Gasteiger partial charge < -0.3 is 10.1 Å². The van der Waals surface area contributed by atoms with Crippen LogP contribution in [0, 0.1) is 17.2 Å². The molecule has 0 aromatic heterocycles. The predicted octanol–water partition coefficient (Wildman–Crippen LogP) is 3.06. The van der Waals surface area contributed by atoms with Crippen molar-refractivity contribution in [2.24, 2.45) is 5.92 Å². The van der Waals surface area contributed by atoms with Crippen LogP contribution in [0.3, 0.4) is 0 Å². The summed E-state index contributed by atoms with van der Waals surface area (Å²) >= 11 is 5.95. The van der Waals surface area contributed by atoms with Crippen LogP contribution in [0.15, 0.2) is 18.2 Å². The van der Waals surface area contributed by atoms with E-state index < -0.39 is 0 Å². The number of benzene rings is 1. The van der Waals surface area contributed by atoms with Gasteiger partial charge in [-0.3, -0.25) is 14.5 Å². The number of ether oxygens (including phenoxy) is 1. The smallest absolute Gasteiger partial charge is 0.320 e. The van der Waals surface area contributed by atoms with Gasteiger partial charge in [0.25, 0.3) is 0 Å². The van der Waals surface area contributed by atoms with E-state index in [0.717, 1.165) is 0 Å². The molecule has 25 heavy (non-hydrogen) atoms. The normalized spacial score (nSPS) is 10.6. The van der Waals surface area contributed by atoms with E-state index in [2.05, 4.69) is 19.2 Å². The molecule has 1 aromatic carbocycles. The zero-order valence-corrected chi connectivity index (χ0v) is 15.6. The summed E-state index contributed by atoms with van der Waals surface area (Å²) < 4.78 is 4.97. The van der Waals surface area contributed by atoms with Crippen LogP contribution in [0.1, 0.15) is 32.8 Å². The lowest BCUT2D eigenvalue weighted by Gasteiger charge is -2.23. The summed E-state index contributed by atoms with van der Waals surface area (Å²) in [6.07, 6.45) is 0.240. The van der Waals surface area contributed by atoms with Gasteiger partial charge in [-0.25, -0.2) is 0 Å². The highest BCUT2D eigenvalue weighted by atomic mass is 35.5. The van der Waals surface area contributed by atoms with Crippen molar-refractivity contribution in [3.05, 3.63) is 28.8 Å². The molecule has 1 amide bonds. The number of rotatable bonds is 9. The lowest BCUT2D eigenvalue weighted by molar-refractivity contribution is -0.144. The summed E-state index contributed by atoms with van der Waals surface area (Å²) in [7, 11) is 0. The number of hydrogen-bond acceptors (Lipinski definition) is 5. The van der Waals surface area contributed by atoms with Crippen LogP contribution in [0.2, 0.25) is 5.02 Å². The van der Waals surface area contributed by atoms with Crippen molar-refractivity contribution in [3.63, 3.8) is 0 Å². The summed E-state index contributed by atoms with van der Waals surface area (Å²) in [4.78, 5) is 25.7. The fraction of sp³-hybridized carbons (Fsp3) is 0.500. The third-order valence-electron chi connectivity index (χ3n) is 3.31. The Hall–Kier alpha value is -2.10. The minimum absolute atomic E-state index is 0.169. The molecule has 7 heteroatoms. The number of carbonyl (C=O) groups excluding carboxylic acids is 2. The number of hydrogen-bond donors (Lipinski definition) is 1. The molecule has 0 atom stereocenters. The van der Waals surface area contributed by atoms with Gasteiger partial charge in [0.15, 0.2) is 0 Å². The SMILES string of the molecule is CCOC(=O)CN(CCC(=O)Nc1ccc(C#N)c(Cl)c1)CC(C)C. The summed E-state index contributed by atoms with van der Waals surface area (Å²) in [5.41, 5.74) is 0.895. The maximum Gasteiger partial charge on any atom is 0.320 e. The van der Waals surface area contributed by atoms with Crippen molar-refractivity contribution in [2.45, 2.75) is 27.2 Å². The van der Waals surface area contributed by atoms with Gasteiger partial charge in [0.05, 0.1) is 23.7 Å². The van der Waals surface area contributed by atoms with Crippen LogP contribution in [0.5, 0.6) is 0 Å². The Morgan fingerprint density at radius 3 is 2.68 bits per heavy atom. The van der Waals surface area contributed by atoms with Crippen molar-refractivity contribution in [2.75, 3.05) is 31.6 Å². The maximum atomic E-state index is 12.1. The van der Waals surface area contributed by atoms with Crippen LogP contribution in [0.4, 0.5) is 5.69 Å². The Morgan fingerprint density at radius 2 is 2.12 bits per heavy atom. The van der Waals surface area contributed by atoms with Crippen molar-refractivity contribution < 1.29 is 14.3 Å². The molecule has 0 saturated heterocycles. The molecule has 0 fully saturated rings. The Morgan fingerprint density at radius 1 is 1.40 bits per heavy atom. The lowest BCUT2D eigenvalue weighted by Crippen LogP contribution is -2.36. The van der Waals surface area contributed by atoms with Crippen LogP contribution < -0.4 is 5.32 Å². The molecular formula is C18H24ClN3O3. The molecule has 0 aliphatic carbocycles. The molecule has 0 spiro atoms. The Labute approximate surface area is 153 Å². The topological polar surface area (TPSA) is 82.4 Å². The molecule has 1 rings (SSSR count). The van der Waals surface area contributed by atoms with Crippen molar-refractivity contribution in [1.82, 2.24) is 4.90 Å². The predicted molar refractivity (Wildman–Crippen MR) is 97.3 cm³/mol. The maximum absolute atomic E-state index is 12.1. The van der Waals surface area contributed by atoms with Gasteiger partial charge >= 0.3 is 5.97 Å². The third-order valence-corrected chi connectivity index (χ3v) is 3.62. The quantitative estimate of drug-likeness (QED) is 0.680. The molecule has 0 aliphatic rings. The van der Waals surface area contributed by atoms with Crippen LogP contribution in [-0.4, -0.2) is 43.0 Å². The molecule has 0 bridgehead atoms. The first kappa shape index (κ1) is 20.9. The first-order valence-corrected chi connectivity index (χ1v) is 8.61. The Balaban J connectivity index is 2.57. The molecule has 0 unspecified atom stereocenters. The highest BCUT2D eigenvalue weighted by Crippen LogP contribution is 2.20. The molecular weight excluding hydrogens is 342 g/mol. The number of carbonyl (C=O) groups is 2. The standard InChI is InChI=1S/C18H24ClN3O3/c1-4-25-18(24)12-22(11-13(2)3)8-7-17(23)21-15-6-5-14(10-20)16(19)9-15/h5-6,9,13H,4,7-8,11-12H2,1-3H3,(H,21,23). The average Bonchev–Trinajstić information content (AvgIpc) is 2.52. The van der Waals surface area contributed by atoms with E-state index in [1.165, 1.54) is 0 Å². The van der Waals surface area contributed by atoms with E-state index in [9.17, 15) is 9.59 Å². The van der Waals surface area contributed by atoms with Gasteiger partial charge in [-0.15, -0.1) is 0 Å². The number of halogens is 1. The van der Waals surface area contributed by atoms with Crippen molar-refractivity contribution in [3.8, 4) is 6.07 Å². The first-order chi connectivity index (χ1) is 11.8. The molecule has 1 aromatic rings. The van der Waals surface area contributed by atoms with E-state index in [1.807, 2.05) is 11.0 Å². The highest BCUT2D eigenvalue weighted by molar-refractivity contribution is 6.32. The molecule has 136 valence electrons. The number of anilines is 1. The van der Waals surface area contributed by atoms with Gasteiger partial charge in [0.2, 0.25) is 5.91 Å². The second-order valence-electron chi connectivity index (χ2n) is 6.04. The fourth-order valence-corrected chi connectivity index (χ4v) is 2.53. The average molecular weight is 366 g/mol. The van der Waals surface area contributed by atoms with Gasteiger partial charge in [-0.1, -0.05) is 25.4 Å². The minimum Gasteiger partial charge on any atom is -0.465 e. The first-order valence-electron chi connectivity index (χ1n) is 8.23. The molecule has 0 saturated carbocycles. The van der Waals surface area contributed by atoms with Gasteiger partial charge in [0, 0.05) is 25.2 Å². The van der Waals surface area contributed by atoms with Gasteiger partial charge in [-0.2, -0.15) is 5.26 Å². The van der Waals surface area contributed by atoms with E-state index in [-0.39, 0.29) is 24.8 Å². The second-order valence-corrected chi connectivity index (χ2v) is 6.45. The number of esters is 1. The van der Waals surface area contributed by atoms with E-state index in [0.29, 0.717) is 41.9 Å². The van der Waals surface area contributed by atoms with Crippen LogP contribution in [-0.2, 0) is 14.3 Å². The van der Waals surface area contributed by atoms with Crippen LogP contribution in [0.25, 0.3) is 0 Å². The Bertz CT molecular complexity index is 641. The minimum atomic E-state index is -0.289. The summed E-state index contributed by atoms with van der Waals surface area (Å²) in [6, 6.07) is 6.70. The monoisotopic (exact) mass is 365 g/mol. The number of nitrogens with zero attached hydrogens (tertiary/aromatic N) is 2. The molecule has 0 aliphatic heterocycles. The highest BCUT2D eigenvalue weighted by Gasteiger charge is 2.15. The largest absolute Gasteiger partial charge is 0.465 e. The zero-order chi connectivity index (χ0) is 18.8. The number of amides is 1. The molecule has 1 N–H and O–H groups in total. The summed E-state index contributed by atoms with van der Waals surface area (Å²) in [5, 5.41) is 11.9. The van der Waals surface area contributed by atoms with E-state index in [4.69, 9.17) is 21.6 Å². The lowest BCUT2D eigenvalue weighted by atomic mass is 10.2. The van der Waals surface area contributed by atoms with Crippen molar-refractivity contribution in [1.29, 1.82) is 5.26 Å². The van der Waals surface area contributed by atoms with Crippen LogP contribution >= 0.6 is 11.6 Å².